The second-order valence-corrected chi connectivity index (χ2v) is 6.70. The van der Waals surface area contributed by atoms with Crippen molar-refractivity contribution in [1.82, 2.24) is 10.6 Å². The summed E-state index contributed by atoms with van der Waals surface area (Å²) in [7, 11) is 0. The van der Waals surface area contributed by atoms with Gasteiger partial charge in [-0.05, 0) is 19.4 Å². The number of hydrogen-bond acceptors (Lipinski definition) is 7. The number of nitrogens with one attached hydrogen (secondary N) is 2. The molecule has 0 heterocycles. The highest BCUT2D eigenvalue weighted by Gasteiger charge is 2.38. The van der Waals surface area contributed by atoms with Crippen LogP contribution in [0.15, 0.2) is 30.3 Å². The van der Waals surface area contributed by atoms with Crippen LogP contribution in [0.5, 0.6) is 0 Å². The van der Waals surface area contributed by atoms with Gasteiger partial charge < -0.3 is 25.8 Å². The lowest BCUT2D eigenvalue weighted by molar-refractivity contribution is -0.157. The lowest BCUT2D eigenvalue weighted by atomic mass is 9.94. The molecule has 3 atom stereocenters. The van der Waals surface area contributed by atoms with Gasteiger partial charge in [0.25, 0.3) is 0 Å². The Morgan fingerprint density at radius 2 is 1.58 bits per heavy atom. The van der Waals surface area contributed by atoms with Crippen LogP contribution in [0.2, 0.25) is 0 Å². The van der Waals surface area contributed by atoms with Gasteiger partial charge in [-0.1, -0.05) is 30.3 Å². The molecule has 0 radical (unpaired) electrons. The molecular weight excluding hydrogens is 406 g/mol. The molecule has 10 nitrogen and oxygen atoms in total. The van der Waals surface area contributed by atoms with E-state index in [2.05, 4.69) is 10.6 Å². The first-order valence-corrected chi connectivity index (χ1v) is 9.92. The van der Waals surface area contributed by atoms with E-state index in [0.717, 1.165) is 5.56 Å². The highest BCUT2D eigenvalue weighted by atomic mass is 16.5. The van der Waals surface area contributed by atoms with Crippen molar-refractivity contribution in [2.75, 3.05) is 13.2 Å². The number of benzene rings is 1. The summed E-state index contributed by atoms with van der Waals surface area (Å²) < 4.78 is 9.79. The topological polar surface area (TPSA) is 154 Å². The van der Waals surface area contributed by atoms with E-state index in [1.54, 1.807) is 44.2 Å². The second kappa shape index (κ2) is 13.0. The zero-order chi connectivity index (χ0) is 23.4. The van der Waals surface area contributed by atoms with Gasteiger partial charge in [-0.15, -0.1) is 0 Å². The van der Waals surface area contributed by atoms with E-state index >= 15 is 0 Å². The summed E-state index contributed by atoms with van der Waals surface area (Å²) in [5.41, 5.74) is 6.19. The Labute approximate surface area is 180 Å². The predicted octanol–water partition coefficient (Wildman–Crippen LogP) is -0.164. The highest BCUT2D eigenvalue weighted by Crippen LogP contribution is 2.14. The Balaban J connectivity index is 3.11. The molecule has 0 unspecified atom stereocenters. The highest BCUT2D eigenvalue weighted by molar-refractivity contribution is 5.95. The molecule has 0 saturated heterocycles. The van der Waals surface area contributed by atoms with Gasteiger partial charge in [-0.2, -0.15) is 0 Å². The van der Waals surface area contributed by atoms with E-state index in [9.17, 15) is 24.0 Å². The second-order valence-electron chi connectivity index (χ2n) is 6.70. The molecule has 3 amide bonds. The van der Waals surface area contributed by atoms with Gasteiger partial charge in [-0.25, -0.2) is 0 Å². The molecule has 1 rings (SSSR count). The van der Waals surface area contributed by atoms with Crippen molar-refractivity contribution in [3.8, 4) is 0 Å². The molecule has 0 aliphatic rings. The quantitative estimate of drug-likeness (QED) is 0.385. The summed E-state index contributed by atoms with van der Waals surface area (Å²) in [4.78, 5) is 60.9. The van der Waals surface area contributed by atoms with Crippen molar-refractivity contribution in [3.05, 3.63) is 35.9 Å². The summed E-state index contributed by atoms with van der Waals surface area (Å²) in [6.45, 7) is 4.47. The van der Waals surface area contributed by atoms with Crippen molar-refractivity contribution in [2.24, 2.45) is 11.7 Å². The molecule has 0 spiro atoms. The van der Waals surface area contributed by atoms with Crippen molar-refractivity contribution in [2.45, 2.75) is 45.7 Å². The summed E-state index contributed by atoms with van der Waals surface area (Å²) in [5.74, 6) is -5.23. The molecule has 0 fully saturated rings. The third-order valence-corrected chi connectivity index (χ3v) is 4.26. The fraction of sp³-hybridized carbons (Fsp3) is 0.476. The molecule has 0 bridgehead atoms. The van der Waals surface area contributed by atoms with E-state index < -0.39 is 54.1 Å². The average Bonchev–Trinajstić information content (AvgIpc) is 2.70. The van der Waals surface area contributed by atoms with Crippen LogP contribution in [0, 0.1) is 5.92 Å². The van der Waals surface area contributed by atoms with Crippen LogP contribution in [0.25, 0.3) is 0 Å². The van der Waals surface area contributed by atoms with Crippen LogP contribution in [0.1, 0.15) is 32.8 Å². The molecule has 0 aliphatic heterocycles. The number of nitrogens with two attached hydrogens (primary N) is 1. The number of ether oxygens (including phenoxy) is 2. The number of amides is 3. The monoisotopic (exact) mass is 435 g/mol. The Hall–Kier alpha value is -3.43. The number of esters is 2. The first-order valence-electron chi connectivity index (χ1n) is 9.92. The first kappa shape index (κ1) is 25.6. The van der Waals surface area contributed by atoms with E-state index in [-0.39, 0.29) is 19.6 Å². The van der Waals surface area contributed by atoms with E-state index in [4.69, 9.17) is 15.2 Å². The van der Waals surface area contributed by atoms with E-state index in [1.807, 2.05) is 0 Å². The zero-order valence-corrected chi connectivity index (χ0v) is 17.9. The van der Waals surface area contributed by atoms with Crippen LogP contribution >= 0.6 is 0 Å². The fourth-order valence-corrected chi connectivity index (χ4v) is 2.91. The molecule has 1 aromatic rings. The van der Waals surface area contributed by atoms with Gasteiger partial charge in [0.05, 0.1) is 25.6 Å². The number of rotatable bonds is 12. The molecule has 1 aromatic carbocycles. The average molecular weight is 435 g/mol. The maximum atomic E-state index is 12.9. The summed E-state index contributed by atoms with van der Waals surface area (Å²) >= 11 is 0. The lowest BCUT2D eigenvalue weighted by Crippen LogP contribution is -2.57. The van der Waals surface area contributed by atoms with Crippen molar-refractivity contribution >= 4 is 29.7 Å². The predicted molar refractivity (Wildman–Crippen MR) is 110 cm³/mol. The third kappa shape index (κ3) is 8.85. The molecule has 31 heavy (non-hydrogen) atoms. The molecule has 0 saturated carbocycles. The summed E-state index contributed by atoms with van der Waals surface area (Å²) in [5, 5.41) is 4.91. The van der Waals surface area contributed by atoms with Crippen LogP contribution < -0.4 is 16.4 Å². The van der Waals surface area contributed by atoms with Gasteiger partial charge >= 0.3 is 11.9 Å². The Morgan fingerprint density at radius 1 is 0.968 bits per heavy atom. The number of primary amides is 1. The van der Waals surface area contributed by atoms with Crippen molar-refractivity contribution < 1.29 is 33.4 Å². The van der Waals surface area contributed by atoms with E-state index in [1.165, 1.54) is 6.92 Å². The first-order chi connectivity index (χ1) is 14.7. The Bertz CT molecular complexity index is 782. The van der Waals surface area contributed by atoms with Gasteiger partial charge in [0.15, 0.2) is 0 Å². The number of hydrogen-bond donors (Lipinski definition) is 3. The smallest absolute Gasteiger partial charge is 0.312 e. The largest absolute Gasteiger partial charge is 0.466 e. The zero-order valence-electron chi connectivity index (χ0n) is 17.9. The van der Waals surface area contributed by atoms with Crippen molar-refractivity contribution in [3.63, 3.8) is 0 Å². The SMILES string of the molecule is CCOC(=O)C[C@H](C(=O)OCC)[C@@H](NC(=O)[C@H](Cc1ccccc1)NC(C)=O)C(N)=O. The summed E-state index contributed by atoms with van der Waals surface area (Å²) in [6.07, 6.45) is -0.371. The molecule has 4 N–H and O–H groups in total. The van der Waals surface area contributed by atoms with Gasteiger partial charge in [0.1, 0.15) is 12.1 Å². The standard InChI is InChI=1S/C21H29N3O7/c1-4-30-17(26)12-15(21(29)31-5-2)18(19(22)27)24-20(28)16(23-13(3)25)11-14-9-7-6-8-10-14/h6-10,15-16,18H,4-5,11-12H2,1-3H3,(H2,22,27)(H,23,25)(H,24,28)/t15-,16-,18+/m0/s1. The molecular formula is C21H29N3O7. The van der Waals surface area contributed by atoms with Gasteiger partial charge in [-0.3, -0.25) is 24.0 Å². The van der Waals surface area contributed by atoms with Crippen LogP contribution in [0.4, 0.5) is 0 Å². The maximum Gasteiger partial charge on any atom is 0.312 e. The fourth-order valence-electron chi connectivity index (χ4n) is 2.91. The summed E-state index contributed by atoms with van der Waals surface area (Å²) in [6, 6.07) is 6.33. The van der Waals surface area contributed by atoms with Crippen LogP contribution in [0.3, 0.4) is 0 Å². The Kier molecular flexibility index (Phi) is 10.7. The minimum Gasteiger partial charge on any atom is -0.466 e. The lowest BCUT2D eigenvalue weighted by Gasteiger charge is -2.26. The normalized spacial score (nSPS) is 13.3. The third-order valence-electron chi connectivity index (χ3n) is 4.26. The molecule has 0 aromatic heterocycles. The van der Waals surface area contributed by atoms with Crippen LogP contribution in [-0.2, 0) is 39.9 Å². The van der Waals surface area contributed by atoms with E-state index in [0.29, 0.717) is 0 Å². The molecule has 10 heteroatoms. The number of carbonyl (C=O) groups excluding carboxylic acids is 5. The molecule has 170 valence electrons. The number of carbonyl (C=O) groups is 5. The minimum atomic E-state index is -1.54. The van der Waals surface area contributed by atoms with Crippen LogP contribution in [-0.4, -0.2) is 55.0 Å². The minimum absolute atomic E-state index is 0.000110. The van der Waals surface area contributed by atoms with Crippen molar-refractivity contribution in [1.29, 1.82) is 0 Å². The van der Waals surface area contributed by atoms with Gasteiger partial charge in [0, 0.05) is 13.3 Å². The maximum absolute atomic E-state index is 12.9. The molecule has 0 aliphatic carbocycles. The van der Waals surface area contributed by atoms with Gasteiger partial charge in [0.2, 0.25) is 17.7 Å². The Morgan fingerprint density at radius 3 is 2.10 bits per heavy atom.